The van der Waals surface area contributed by atoms with Gasteiger partial charge < -0.3 is 4.90 Å². The van der Waals surface area contributed by atoms with E-state index in [2.05, 4.69) is 269 Å². The van der Waals surface area contributed by atoms with Gasteiger partial charge in [-0.25, -0.2) is 0 Å². The molecule has 1 nitrogen and oxygen atoms in total. The minimum Gasteiger partial charge on any atom is -0.310 e. The quantitative estimate of drug-likeness (QED) is 0.147. The molecule has 0 bridgehead atoms. The predicted molar refractivity (Wildman–Crippen MR) is 283 cm³/mol. The maximum atomic E-state index is 2.44. The summed E-state index contributed by atoms with van der Waals surface area (Å²) >= 11 is 0. The van der Waals surface area contributed by atoms with Crippen molar-refractivity contribution in [2.45, 2.75) is 38.5 Å². The molecule has 12 rings (SSSR count). The summed E-state index contributed by atoms with van der Waals surface area (Å²) in [5, 5.41) is 0. The van der Waals surface area contributed by atoms with Crippen molar-refractivity contribution in [3.05, 3.63) is 259 Å². The maximum Gasteiger partial charge on any atom is 0.0540 e. The van der Waals surface area contributed by atoms with Crippen LogP contribution in [-0.4, -0.2) is 0 Å². The Bertz CT molecular complexity index is 3500. The Kier molecular flexibility index (Phi) is 9.59. The third-order valence-corrected chi connectivity index (χ3v) is 14.7. The largest absolute Gasteiger partial charge is 0.310 e. The van der Waals surface area contributed by atoms with Gasteiger partial charge in [0.1, 0.15) is 0 Å². The Morgan fingerprint density at radius 1 is 0.254 bits per heavy atom. The van der Waals surface area contributed by atoms with E-state index in [9.17, 15) is 0 Å². The van der Waals surface area contributed by atoms with Crippen LogP contribution in [0.25, 0.3) is 77.9 Å². The molecule has 320 valence electrons. The van der Waals surface area contributed by atoms with Crippen molar-refractivity contribution in [1.29, 1.82) is 0 Å². The summed E-state index contributed by atoms with van der Waals surface area (Å²) in [6.45, 7) is 9.45. The monoisotopic (exact) mass is 857 g/mol. The molecule has 0 amide bonds. The van der Waals surface area contributed by atoms with Crippen LogP contribution in [-0.2, 0) is 10.8 Å². The van der Waals surface area contributed by atoms with Gasteiger partial charge in [0.05, 0.1) is 5.69 Å². The highest BCUT2D eigenvalue weighted by molar-refractivity contribution is 5.98. The van der Waals surface area contributed by atoms with Crippen LogP contribution in [0.4, 0.5) is 17.1 Å². The fourth-order valence-electron chi connectivity index (χ4n) is 11.4. The van der Waals surface area contributed by atoms with Gasteiger partial charge in [-0.05, 0) is 131 Å². The Labute approximate surface area is 395 Å². The molecule has 2 aliphatic carbocycles. The Morgan fingerprint density at radius 2 is 0.672 bits per heavy atom. The molecule has 0 saturated heterocycles. The summed E-state index contributed by atoms with van der Waals surface area (Å²) in [5.74, 6) is 0. The zero-order chi connectivity index (χ0) is 45.3. The van der Waals surface area contributed by atoms with E-state index in [-0.39, 0.29) is 10.8 Å². The molecule has 10 aromatic rings. The number of anilines is 3. The van der Waals surface area contributed by atoms with E-state index in [0.717, 1.165) is 22.6 Å². The van der Waals surface area contributed by atoms with Crippen LogP contribution in [0.15, 0.2) is 237 Å². The number of rotatable bonds is 8. The fourth-order valence-corrected chi connectivity index (χ4v) is 11.4. The second-order valence-electron chi connectivity index (χ2n) is 19.2. The smallest absolute Gasteiger partial charge is 0.0540 e. The van der Waals surface area contributed by atoms with Crippen molar-refractivity contribution >= 4 is 17.1 Å². The van der Waals surface area contributed by atoms with Gasteiger partial charge in [-0.1, -0.05) is 228 Å². The third kappa shape index (κ3) is 6.60. The summed E-state index contributed by atoms with van der Waals surface area (Å²) < 4.78 is 0. The van der Waals surface area contributed by atoms with Crippen molar-refractivity contribution < 1.29 is 0 Å². The van der Waals surface area contributed by atoms with Gasteiger partial charge >= 0.3 is 0 Å². The first-order valence-corrected chi connectivity index (χ1v) is 23.6. The Morgan fingerprint density at radius 3 is 1.33 bits per heavy atom. The molecular formula is C66H51N. The highest BCUT2D eigenvalue weighted by Gasteiger charge is 2.38. The summed E-state index contributed by atoms with van der Waals surface area (Å²) in [5.41, 5.74) is 26.2. The number of hydrogen-bond acceptors (Lipinski definition) is 1. The average Bonchev–Trinajstić information content (AvgIpc) is 3.76. The van der Waals surface area contributed by atoms with Crippen molar-refractivity contribution in [1.82, 2.24) is 0 Å². The molecule has 0 fully saturated rings. The minimum atomic E-state index is -0.112. The normalized spacial score (nSPS) is 13.6. The highest BCUT2D eigenvalue weighted by atomic mass is 15.1. The van der Waals surface area contributed by atoms with Crippen LogP contribution in [0.5, 0.6) is 0 Å². The molecule has 1 heteroatoms. The van der Waals surface area contributed by atoms with Crippen molar-refractivity contribution in [3.8, 4) is 77.9 Å². The lowest BCUT2D eigenvalue weighted by molar-refractivity contribution is 0.660. The predicted octanol–water partition coefficient (Wildman–Crippen LogP) is 18.1. The van der Waals surface area contributed by atoms with Crippen molar-refractivity contribution in [2.75, 3.05) is 4.90 Å². The van der Waals surface area contributed by atoms with E-state index in [4.69, 9.17) is 0 Å². The molecule has 67 heavy (non-hydrogen) atoms. The number of para-hydroxylation sites is 1. The van der Waals surface area contributed by atoms with Crippen LogP contribution in [0.3, 0.4) is 0 Å². The SMILES string of the molecule is CC1(C)c2ccccc2-c2ccc(-c3ccc(N(c4ccc(-c5cccc6c5C(C)(C)c5ccccc5-6)cc4)c4ccccc4-c4ccccc4-c4ccccc4-c4ccccc4)cc3)cc21. The molecule has 0 heterocycles. The number of benzene rings is 10. The number of hydrogen-bond donors (Lipinski definition) is 0. The highest BCUT2D eigenvalue weighted by Crippen LogP contribution is 2.53. The first-order valence-electron chi connectivity index (χ1n) is 23.6. The van der Waals surface area contributed by atoms with Crippen LogP contribution >= 0.6 is 0 Å². The van der Waals surface area contributed by atoms with E-state index in [1.165, 1.54) is 94.6 Å². The molecule has 0 N–H and O–H groups in total. The molecule has 10 aromatic carbocycles. The van der Waals surface area contributed by atoms with Crippen molar-refractivity contribution in [3.63, 3.8) is 0 Å². The fraction of sp³-hybridized carbons (Fsp3) is 0.0909. The van der Waals surface area contributed by atoms with Gasteiger partial charge in [0.15, 0.2) is 0 Å². The zero-order valence-corrected chi connectivity index (χ0v) is 38.5. The van der Waals surface area contributed by atoms with Crippen LogP contribution < -0.4 is 4.90 Å². The first-order chi connectivity index (χ1) is 32.8. The van der Waals surface area contributed by atoms with Gasteiger partial charge in [-0.15, -0.1) is 0 Å². The maximum absolute atomic E-state index is 2.44. The third-order valence-electron chi connectivity index (χ3n) is 14.7. The summed E-state index contributed by atoms with van der Waals surface area (Å²) in [6, 6.07) is 87.4. The lowest BCUT2D eigenvalue weighted by Crippen LogP contribution is -2.16. The molecule has 0 unspecified atom stereocenters. The average molecular weight is 858 g/mol. The van der Waals surface area contributed by atoms with E-state index >= 15 is 0 Å². The molecular weight excluding hydrogens is 807 g/mol. The van der Waals surface area contributed by atoms with Gasteiger partial charge in [0.2, 0.25) is 0 Å². The molecule has 0 spiro atoms. The molecule has 0 atom stereocenters. The Hall–Kier alpha value is -8.00. The second-order valence-corrected chi connectivity index (χ2v) is 19.2. The summed E-state index contributed by atoms with van der Waals surface area (Å²) in [6.07, 6.45) is 0. The van der Waals surface area contributed by atoms with E-state index in [1.807, 2.05) is 0 Å². The zero-order valence-electron chi connectivity index (χ0n) is 38.5. The van der Waals surface area contributed by atoms with Crippen LogP contribution in [0.1, 0.15) is 49.9 Å². The lowest BCUT2D eigenvalue weighted by atomic mass is 9.79. The van der Waals surface area contributed by atoms with Gasteiger partial charge in [-0.3, -0.25) is 0 Å². The number of nitrogens with zero attached hydrogens (tertiary/aromatic N) is 1. The van der Waals surface area contributed by atoms with Crippen molar-refractivity contribution in [2.24, 2.45) is 0 Å². The van der Waals surface area contributed by atoms with Crippen LogP contribution in [0.2, 0.25) is 0 Å². The number of fused-ring (bicyclic) bond motifs is 6. The summed E-state index contributed by atoms with van der Waals surface area (Å²) in [7, 11) is 0. The van der Waals surface area contributed by atoms with Gasteiger partial charge in [0, 0.05) is 27.8 Å². The molecule has 0 aliphatic heterocycles. The molecule has 0 saturated carbocycles. The standard InChI is InChI=1S/C66H51N/c1-65(2)60-30-15-12-25-55(60)57-42-37-47(43-62(57)65)44-33-38-48(39-34-44)67(49-40-35-46(36-41-49)51-28-18-29-59-56-26-13-16-31-61(56)66(3,4)64(51)59)63-32-17-14-27-58(63)54-24-11-10-23-53(54)52-22-9-8-21-50(52)45-19-6-5-7-20-45/h5-43H,1-4H3. The second kappa shape index (κ2) is 15.9. The lowest BCUT2D eigenvalue weighted by Gasteiger charge is -2.29. The topological polar surface area (TPSA) is 3.24 Å². The minimum absolute atomic E-state index is 0.0635. The molecule has 0 aromatic heterocycles. The summed E-state index contributed by atoms with van der Waals surface area (Å²) in [4.78, 5) is 2.44. The first kappa shape index (κ1) is 40.5. The van der Waals surface area contributed by atoms with Gasteiger partial charge in [-0.2, -0.15) is 0 Å². The molecule has 2 aliphatic rings. The van der Waals surface area contributed by atoms with E-state index < -0.39 is 0 Å². The van der Waals surface area contributed by atoms with E-state index in [0.29, 0.717) is 0 Å². The van der Waals surface area contributed by atoms with E-state index in [1.54, 1.807) is 0 Å². The van der Waals surface area contributed by atoms with Crippen LogP contribution in [0, 0.1) is 0 Å². The Balaban J connectivity index is 0.990. The van der Waals surface area contributed by atoms with Gasteiger partial charge in [0.25, 0.3) is 0 Å². The molecule has 0 radical (unpaired) electrons.